The summed E-state index contributed by atoms with van der Waals surface area (Å²) in [7, 11) is 0. The van der Waals surface area contributed by atoms with Gasteiger partial charge in [-0.3, -0.25) is 9.88 Å². The maximum Gasteiger partial charge on any atom is 0.0794 e. The fourth-order valence-electron chi connectivity index (χ4n) is 2.96. The minimum absolute atomic E-state index is 0.668. The lowest BCUT2D eigenvalue weighted by Gasteiger charge is -2.41. The number of thiazole rings is 1. The van der Waals surface area contributed by atoms with Gasteiger partial charge in [-0.2, -0.15) is 0 Å². The van der Waals surface area contributed by atoms with E-state index in [1.54, 1.807) is 11.3 Å². The largest absolute Gasteiger partial charge is 0.311 e. The average molecular weight is 281 g/mol. The molecule has 1 N–H and O–H groups in total. The smallest absolute Gasteiger partial charge is 0.0794 e. The molecule has 4 heteroatoms. The van der Waals surface area contributed by atoms with Gasteiger partial charge in [0.1, 0.15) is 0 Å². The lowest BCUT2D eigenvalue weighted by atomic mass is 9.97. The van der Waals surface area contributed by atoms with Gasteiger partial charge in [0.05, 0.1) is 5.51 Å². The normalized spacial score (nSPS) is 25.1. The van der Waals surface area contributed by atoms with Gasteiger partial charge in [0.15, 0.2) is 0 Å². The van der Waals surface area contributed by atoms with Crippen LogP contribution in [-0.4, -0.2) is 35.1 Å². The molecule has 0 bridgehead atoms. The third-order valence-corrected chi connectivity index (χ3v) is 4.60. The molecule has 19 heavy (non-hydrogen) atoms. The van der Waals surface area contributed by atoms with E-state index in [1.165, 1.54) is 30.7 Å². The van der Waals surface area contributed by atoms with Gasteiger partial charge in [-0.1, -0.05) is 27.2 Å². The highest BCUT2D eigenvalue weighted by atomic mass is 32.1. The van der Waals surface area contributed by atoms with Crippen molar-refractivity contribution >= 4 is 11.3 Å². The van der Waals surface area contributed by atoms with Gasteiger partial charge in [-0.05, 0) is 18.8 Å². The van der Waals surface area contributed by atoms with Crippen molar-refractivity contribution in [3.8, 4) is 0 Å². The summed E-state index contributed by atoms with van der Waals surface area (Å²) < 4.78 is 0. The number of hydrogen-bond acceptors (Lipinski definition) is 4. The fraction of sp³-hybridized carbons (Fsp3) is 0.800. The Balaban J connectivity index is 1.97. The summed E-state index contributed by atoms with van der Waals surface area (Å²) in [5, 5.41) is 3.73. The van der Waals surface area contributed by atoms with Gasteiger partial charge in [0.25, 0.3) is 0 Å². The van der Waals surface area contributed by atoms with Crippen molar-refractivity contribution in [3.05, 3.63) is 16.6 Å². The number of piperazine rings is 1. The van der Waals surface area contributed by atoms with E-state index >= 15 is 0 Å². The number of nitrogens with one attached hydrogen (secondary N) is 1. The summed E-state index contributed by atoms with van der Waals surface area (Å²) in [5.74, 6) is 0.762. The summed E-state index contributed by atoms with van der Waals surface area (Å²) in [6, 6.07) is 1.34. The molecule has 0 amide bonds. The zero-order valence-corrected chi connectivity index (χ0v) is 13.2. The first kappa shape index (κ1) is 14.9. The Labute approximate surface area is 121 Å². The minimum Gasteiger partial charge on any atom is -0.311 e. The van der Waals surface area contributed by atoms with E-state index in [9.17, 15) is 0 Å². The SMILES string of the molecule is CCCC1CN(Cc2cncs2)C(CC(C)C)CN1. The second-order valence-electron chi connectivity index (χ2n) is 6.07. The molecule has 1 aliphatic rings. The topological polar surface area (TPSA) is 28.2 Å². The highest BCUT2D eigenvalue weighted by Crippen LogP contribution is 2.20. The van der Waals surface area contributed by atoms with Crippen LogP contribution >= 0.6 is 11.3 Å². The van der Waals surface area contributed by atoms with Crippen LogP contribution in [0.2, 0.25) is 0 Å². The summed E-state index contributed by atoms with van der Waals surface area (Å²) in [6.45, 7) is 10.3. The van der Waals surface area contributed by atoms with E-state index in [1.807, 2.05) is 11.7 Å². The van der Waals surface area contributed by atoms with Crippen LogP contribution in [-0.2, 0) is 6.54 Å². The van der Waals surface area contributed by atoms with Crippen LogP contribution in [0.15, 0.2) is 11.7 Å². The van der Waals surface area contributed by atoms with Crippen molar-refractivity contribution in [3.63, 3.8) is 0 Å². The highest BCUT2D eigenvalue weighted by Gasteiger charge is 2.28. The van der Waals surface area contributed by atoms with Crippen LogP contribution < -0.4 is 5.32 Å². The van der Waals surface area contributed by atoms with E-state index in [0.29, 0.717) is 12.1 Å². The van der Waals surface area contributed by atoms with E-state index in [0.717, 1.165) is 19.0 Å². The van der Waals surface area contributed by atoms with Crippen molar-refractivity contribution in [1.82, 2.24) is 15.2 Å². The Bertz CT molecular complexity index is 350. The molecule has 0 aliphatic carbocycles. The third-order valence-electron chi connectivity index (χ3n) is 3.84. The summed E-state index contributed by atoms with van der Waals surface area (Å²) in [5.41, 5.74) is 1.94. The van der Waals surface area contributed by atoms with Crippen LogP contribution in [0.25, 0.3) is 0 Å². The predicted octanol–water partition coefficient (Wildman–Crippen LogP) is 3.13. The quantitative estimate of drug-likeness (QED) is 0.868. The molecule has 0 spiro atoms. The first-order chi connectivity index (χ1) is 9.19. The molecule has 3 nitrogen and oxygen atoms in total. The standard InChI is InChI=1S/C15H27N3S/c1-4-5-13-9-18(10-15-8-16-11-19-15)14(7-17-13)6-12(2)3/h8,11-14,17H,4-7,9-10H2,1-3H3. The Morgan fingerprint density at radius 2 is 2.37 bits per heavy atom. The third kappa shape index (κ3) is 4.55. The fourth-order valence-corrected chi connectivity index (χ4v) is 3.58. The first-order valence-corrected chi connectivity index (χ1v) is 8.41. The molecule has 108 valence electrons. The molecule has 0 saturated carbocycles. The van der Waals surface area contributed by atoms with Crippen molar-refractivity contribution in [1.29, 1.82) is 0 Å². The van der Waals surface area contributed by atoms with Crippen molar-refractivity contribution in [2.45, 2.75) is 58.7 Å². The van der Waals surface area contributed by atoms with Gasteiger partial charge < -0.3 is 5.32 Å². The van der Waals surface area contributed by atoms with Crippen LogP contribution in [0, 0.1) is 5.92 Å². The molecular formula is C15H27N3S. The zero-order valence-electron chi connectivity index (χ0n) is 12.4. The number of nitrogens with zero attached hydrogens (tertiary/aromatic N) is 2. The molecule has 1 aromatic rings. The Hall–Kier alpha value is -0.450. The molecule has 1 fully saturated rings. The van der Waals surface area contributed by atoms with E-state index < -0.39 is 0 Å². The number of rotatable bonds is 6. The number of hydrogen-bond donors (Lipinski definition) is 1. The lowest BCUT2D eigenvalue weighted by molar-refractivity contribution is 0.104. The molecule has 0 radical (unpaired) electrons. The zero-order chi connectivity index (χ0) is 13.7. The summed E-state index contributed by atoms with van der Waals surface area (Å²) in [4.78, 5) is 8.27. The molecule has 2 rings (SSSR count). The highest BCUT2D eigenvalue weighted by molar-refractivity contribution is 7.09. The molecule has 2 atom stereocenters. The average Bonchev–Trinajstić information content (AvgIpc) is 2.85. The molecular weight excluding hydrogens is 254 g/mol. The summed E-state index contributed by atoms with van der Waals surface area (Å²) in [6.07, 6.45) is 5.85. The van der Waals surface area contributed by atoms with E-state index in [4.69, 9.17) is 0 Å². The molecule has 1 aromatic heterocycles. The van der Waals surface area contributed by atoms with Crippen molar-refractivity contribution < 1.29 is 0 Å². The van der Waals surface area contributed by atoms with Gasteiger partial charge in [-0.15, -0.1) is 11.3 Å². The van der Waals surface area contributed by atoms with Crippen molar-refractivity contribution in [2.24, 2.45) is 5.92 Å². The molecule has 0 aromatic carbocycles. The lowest BCUT2D eigenvalue weighted by Crippen LogP contribution is -2.56. The second kappa shape index (κ2) is 7.36. The Morgan fingerprint density at radius 3 is 3.00 bits per heavy atom. The van der Waals surface area contributed by atoms with Gasteiger partial charge in [0.2, 0.25) is 0 Å². The van der Waals surface area contributed by atoms with Crippen LogP contribution in [0.5, 0.6) is 0 Å². The molecule has 1 aliphatic heterocycles. The van der Waals surface area contributed by atoms with E-state index in [2.05, 4.69) is 36.0 Å². The monoisotopic (exact) mass is 281 g/mol. The van der Waals surface area contributed by atoms with Crippen LogP contribution in [0.3, 0.4) is 0 Å². The Morgan fingerprint density at radius 1 is 1.53 bits per heavy atom. The van der Waals surface area contributed by atoms with Gasteiger partial charge in [-0.25, -0.2) is 0 Å². The second-order valence-corrected chi connectivity index (χ2v) is 7.05. The number of aromatic nitrogens is 1. The Kier molecular flexibility index (Phi) is 5.79. The molecule has 2 unspecified atom stereocenters. The van der Waals surface area contributed by atoms with Crippen LogP contribution in [0.4, 0.5) is 0 Å². The van der Waals surface area contributed by atoms with Crippen molar-refractivity contribution in [2.75, 3.05) is 13.1 Å². The molecule has 1 saturated heterocycles. The van der Waals surface area contributed by atoms with Gasteiger partial charge >= 0.3 is 0 Å². The first-order valence-electron chi connectivity index (χ1n) is 7.53. The maximum absolute atomic E-state index is 4.21. The van der Waals surface area contributed by atoms with Gasteiger partial charge in [0, 0.05) is 42.8 Å². The van der Waals surface area contributed by atoms with E-state index in [-0.39, 0.29) is 0 Å². The minimum atomic E-state index is 0.668. The summed E-state index contributed by atoms with van der Waals surface area (Å²) >= 11 is 1.78. The maximum atomic E-state index is 4.21. The molecule has 2 heterocycles. The van der Waals surface area contributed by atoms with Crippen LogP contribution in [0.1, 0.15) is 44.9 Å². The predicted molar refractivity (Wildman–Crippen MR) is 82.5 cm³/mol.